The zero-order chi connectivity index (χ0) is 16.8. The number of amides is 1. The molecule has 2 heterocycles. The molecule has 0 fully saturated rings. The fraction of sp³-hybridized carbons (Fsp3) is 0.211. The molecule has 24 heavy (non-hydrogen) atoms. The van der Waals surface area contributed by atoms with Crippen LogP contribution in [0.3, 0.4) is 0 Å². The van der Waals surface area contributed by atoms with E-state index in [-0.39, 0.29) is 5.91 Å². The summed E-state index contributed by atoms with van der Waals surface area (Å²) in [4.78, 5) is 15.7. The Hall–Kier alpha value is -2.53. The minimum absolute atomic E-state index is 0.109. The van der Waals surface area contributed by atoms with E-state index in [1.54, 1.807) is 22.3 Å². The van der Waals surface area contributed by atoms with Gasteiger partial charge in [0.05, 0.1) is 12.8 Å². The van der Waals surface area contributed by atoms with E-state index < -0.39 is 0 Å². The Morgan fingerprint density at radius 3 is 2.71 bits per heavy atom. The van der Waals surface area contributed by atoms with Crippen molar-refractivity contribution in [3.8, 4) is 5.75 Å². The molecule has 1 amide bonds. The minimum atomic E-state index is -0.109. The summed E-state index contributed by atoms with van der Waals surface area (Å²) in [6, 6.07) is 15.3. The SMILES string of the molecule is CCN(Cc1cccs1)C(=O)c1occc1COc1ccccc1. The first-order valence-electron chi connectivity index (χ1n) is 7.83. The molecular formula is C19H19NO3S. The summed E-state index contributed by atoms with van der Waals surface area (Å²) in [6.07, 6.45) is 1.54. The van der Waals surface area contributed by atoms with E-state index in [1.807, 2.05) is 54.8 Å². The molecule has 0 aliphatic heterocycles. The van der Waals surface area contributed by atoms with Gasteiger partial charge in [0.15, 0.2) is 5.76 Å². The summed E-state index contributed by atoms with van der Waals surface area (Å²) in [5, 5.41) is 2.01. The van der Waals surface area contributed by atoms with Gasteiger partial charge in [-0.05, 0) is 36.6 Å². The number of thiophene rings is 1. The van der Waals surface area contributed by atoms with Crippen molar-refractivity contribution in [1.82, 2.24) is 4.90 Å². The maximum absolute atomic E-state index is 12.8. The molecule has 0 unspecified atom stereocenters. The Labute approximate surface area is 145 Å². The monoisotopic (exact) mass is 341 g/mol. The smallest absolute Gasteiger partial charge is 0.290 e. The average Bonchev–Trinajstić information content (AvgIpc) is 3.29. The van der Waals surface area contributed by atoms with Gasteiger partial charge in [-0.2, -0.15) is 0 Å². The van der Waals surface area contributed by atoms with Crippen molar-refractivity contribution in [2.24, 2.45) is 0 Å². The third-order valence-electron chi connectivity index (χ3n) is 3.67. The number of carbonyl (C=O) groups is 1. The van der Waals surface area contributed by atoms with Crippen LogP contribution in [0, 0.1) is 0 Å². The maximum Gasteiger partial charge on any atom is 0.290 e. The van der Waals surface area contributed by atoms with E-state index in [0.717, 1.165) is 16.2 Å². The van der Waals surface area contributed by atoms with Gasteiger partial charge in [-0.3, -0.25) is 4.79 Å². The summed E-state index contributed by atoms with van der Waals surface area (Å²) >= 11 is 1.64. The summed E-state index contributed by atoms with van der Waals surface area (Å²) in [6.45, 7) is 3.48. The molecule has 0 atom stereocenters. The molecular weight excluding hydrogens is 322 g/mol. The van der Waals surface area contributed by atoms with Crippen molar-refractivity contribution in [2.45, 2.75) is 20.1 Å². The Balaban J connectivity index is 1.69. The van der Waals surface area contributed by atoms with Gasteiger partial charge in [0, 0.05) is 17.0 Å². The second-order valence-corrected chi connectivity index (χ2v) is 6.31. The van der Waals surface area contributed by atoms with E-state index >= 15 is 0 Å². The van der Waals surface area contributed by atoms with Gasteiger partial charge in [-0.25, -0.2) is 0 Å². The molecule has 4 nitrogen and oxygen atoms in total. The van der Waals surface area contributed by atoms with Gasteiger partial charge in [0.2, 0.25) is 0 Å². The molecule has 0 saturated carbocycles. The van der Waals surface area contributed by atoms with Gasteiger partial charge in [0.1, 0.15) is 12.4 Å². The van der Waals surface area contributed by atoms with Crippen molar-refractivity contribution in [3.63, 3.8) is 0 Å². The number of benzene rings is 1. The number of carbonyl (C=O) groups excluding carboxylic acids is 1. The number of para-hydroxylation sites is 1. The molecule has 2 aromatic heterocycles. The predicted molar refractivity (Wildman–Crippen MR) is 94.2 cm³/mol. The lowest BCUT2D eigenvalue weighted by Gasteiger charge is -2.19. The standard InChI is InChI=1S/C19H19NO3S/c1-2-20(13-17-9-6-12-24-17)19(21)18-15(10-11-22-18)14-23-16-7-4-3-5-8-16/h3-12H,2,13-14H2,1H3. The third kappa shape index (κ3) is 3.86. The van der Waals surface area contributed by atoms with Crippen LogP contribution in [0.15, 0.2) is 64.6 Å². The highest BCUT2D eigenvalue weighted by Crippen LogP contribution is 2.19. The van der Waals surface area contributed by atoms with Crippen molar-refractivity contribution in [2.75, 3.05) is 6.54 Å². The first-order chi connectivity index (χ1) is 11.8. The summed E-state index contributed by atoms with van der Waals surface area (Å²) in [5.74, 6) is 1.01. The third-order valence-corrected chi connectivity index (χ3v) is 4.54. The summed E-state index contributed by atoms with van der Waals surface area (Å²) in [7, 11) is 0. The minimum Gasteiger partial charge on any atom is -0.489 e. The second kappa shape index (κ2) is 7.84. The number of ether oxygens (including phenoxy) is 1. The average molecular weight is 341 g/mol. The van der Waals surface area contributed by atoms with Gasteiger partial charge in [-0.1, -0.05) is 24.3 Å². The first kappa shape index (κ1) is 16.3. The molecule has 0 spiro atoms. The molecule has 0 bridgehead atoms. The van der Waals surface area contributed by atoms with Crippen molar-refractivity contribution in [1.29, 1.82) is 0 Å². The molecule has 0 N–H and O–H groups in total. The molecule has 3 aromatic rings. The number of nitrogens with zero attached hydrogens (tertiary/aromatic N) is 1. The van der Waals surface area contributed by atoms with Gasteiger partial charge in [-0.15, -0.1) is 11.3 Å². The normalized spacial score (nSPS) is 10.5. The van der Waals surface area contributed by atoms with Gasteiger partial charge in [0.25, 0.3) is 5.91 Å². The lowest BCUT2D eigenvalue weighted by atomic mass is 10.2. The second-order valence-electron chi connectivity index (χ2n) is 5.28. The topological polar surface area (TPSA) is 42.7 Å². The van der Waals surface area contributed by atoms with Crippen LogP contribution in [0.1, 0.15) is 27.9 Å². The molecule has 124 valence electrons. The fourth-order valence-corrected chi connectivity index (χ4v) is 3.10. The predicted octanol–water partition coefficient (Wildman–Crippen LogP) is 4.58. The zero-order valence-corrected chi connectivity index (χ0v) is 14.3. The van der Waals surface area contributed by atoms with Gasteiger partial charge < -0.3 is 14.1 Å². The number of furan rings is 1. The zero-order valence-electron chi connectivity index (χ0n) is 13.5. The largest absolute Gasteiger partial charge is 0.489 e. The molecule has 0 saturated heterocycles. The van der Waals surface area contributed by atoms with Crippen molar-refractivity contribution < 1.29 is 13.9 Å². The van der Waals surface area contributed by atoms with E-state index in [1.165, 1.54) is 6.26 Å². The van der Waals surface area contributed by atoms with Crippen LogP contribution in [-0.2, 0) is 13.2 Å². The van der Waals surface area contributed by atoms with Crippen LogP contribution in [-0.4, -0.2) is 17.4 Å². The Morgan fingerprint density at radius 2 is 2.00 bits per heavy atom. The fourth-order valence-electron chi connectivity index (χ4n) is 2.38. The number of rotatable bonds is 7. The van der Waals surface area contributed by atoms with E-state index in [2.05, 4.69) is 0 Å². The van der Waals surface area contributed by atoms with E-state index in [9.17, 15) is 4.79 Å². The Morgan fingerprint density at radius 1 is 1.17 bits per heavy atom. The lowest BCUT2D eigenvalue weighted by Crippen LogP contribution is -2.30. The Kier molecular flexibility index (Phi) is 5.33. The van der Waals surface area contributed by atoms with Crippen LogP contribution in [0.5, 0.6) is 5.75 Å². The summed E-state index contributed by atoms with van der Waals surface area (Å²) in [5.41, 5.74) is 0.758. The van der Waals surface area contributed by atoms with Crippen molar-refractivity contribution >= 4 is 17.2 Å². The van der Waals surface area contributed by atoms with Crippen LogP contribution in [0.2, 0.25) is 0 Å². The van der Waals surface area contributed by atoms with Crippen LogP contribution in [0.25, 0.3) is 0 Å². The molecule has 0 aliphatic rings. The molecule has 0 aliphatic carbocycles. The quantitative estimate of drug-likeness (QED) is 0.631. The highest BCUT2D eigenvalue weighted by atomic mass is 32.1. The van der Waals surface area contributed by atoms with Crippen LogP contribution < -0.4 is 4.74 Å². The Bertz CT molecular complexity index is 765. The number of hydrogen-bond donors (Lipinski definition) is 0. The highest BCUT2D eigenvalue weighted by molar-refractivity contribution is 7.09. The van der Waals surface area contributed by atoms with Gasteiger partial charge >= 0.3 is 0 Å². The molecule has 0 radical (unpaired) electrons. The highest BCUT2D eigenvalue weighted by Gasteiger charge is 2.22. The van der Waals surface area contributed by atoms with E-state index in [4.69, 9.17) is 9.15 Å². The first-order valence-corrected chi connectivity index (χ1v) is 8.71. The maximum atomic E-state index is 12.8. The summed E-state index contributed by atoms with van der Waals surface area (Å²) < 4.78 is 11.2. The number of hydrogen-bond acceptors (Lipinski definition) is 4. The van der Waals surface area contributed by atoms with Crippen molar-refractivity contribution in [3.05, 3.63) is 76.4 Å². The molecule has 3 rings (SSSR count). The molecule has 5 heteroatoms. The van der Waals surface area contributed by atoms with Crippen LogP contribution in [0.4, 0.5) is 0 Å². The lowest BCUT2D eigenvalue weighted by molar-refractivity contribution is 0.0718. The van der Waals surface area contributed by atoms with E-state index in [0.29, 0.717) is 25.5 Å². The molecule has 1 aromatic carbocycles. The van der Waals surface area contributed by atoms with Crippen LogP contribution >= 0.6 is 11.3 Å².